The third-order valence-electron chi connectivity index (χ3n) is 4.76. The van der Waals surface area contributed by atoms with E-state index in [1.54, 1.807) is 4.31 Å². The van der Waals surface area contributed by atoms with Crippen LogP contribution in [0.25, 0.3) is 11.1 Å². The second-order valence-corrected chi connectivity index (χ2v) is 9.33. The second-order valence-electron chi connectivity index (χ2n) is 6.71. The molecular formula is C23H22N2O2S2. The first-order chi connectivity index (χ1) is 14.2. The van der Waals surface area contributed by atoms with Gasteiger partial charge in [0.25, 0.3) is 0 Å². The lowest BCUT2D eigenvalue weighted by Gasteiger charge is -2.21. The van der Waals surface area contributed by atoms with Gasteiger partial charge in [0, 0.05) is 18.8 Å². The summed E-state index contributed by atoms with van der Waals surface area (Å²) in [6, 6.07) is 27.6. The van der Waals surface area contributed by atoms with Gasteiger partial charge in [-0.2, -0.15) is 4.31 Å². The van der Waals surface area contributed by atoms with Gasteiger partial charge in [-0.05, 0) is 28.8 Å². The number of rotatable bonds is 6. The van der Waals surface area contributed by atoms with Crippen LogP contribution in [0.15, 0.2) is 89.8 Å². The van der Waals surface area contributed by atoms with Crippen molar-refractivity contribution in [3.05, 3.63) is 90.5 Å². The Hall–Kier alpha value is -2.41. The number of hydrogen-bond acceptors (Lipinski definition) is 3. The van der Waals surface area contributed by atoms with E-state index >= 15 is 0 Å². The summed E-state index contributed by atoms with van der Waals surface area (Å²) in [4.78, 5) is 13.4. The van der Waals surface area contributed by atoms with Crippen molar-refractivity contribution in [2.45, 2.75) is 16.8 Å². The fraction of sp³-hybridized carbons (Fsp3) is 0.174. The fourth-order valence-electron chi connectivity index (χ4n) is 3.23. The molecule has 0 bridgehead atoms. The summed E-state index contributed by atoms with van der Waals surface area (Å²) in [6.45, 7) is 1.10. The Morgan fingerprint density at radius 2 is 1.55 bits per heavy atom. The molecule has 3 aromatic carbocycles. The number of benzene rings is 3. The van der Waals surface area contributed by atoms with Crippen LogP contribution in [-0.2, 0) is 22.3 Å². The summed E-state index contributed by atoms with van der Waals surface area (Å²) < 4.78 is 14.9. The van der Waals surface area contributed by atoms with Gasteiger partial charge >= 0.3 is 0 Å². The Bertz CT molecular complexity index is 979. The number of nitrogens with zero attached hydrogens (tertiary/aromatic N) is 1. The van der Waals surface area contributed by atoms with Gasteiger partial charge < -0.3 is 5.32 Å². The molecule has 0 aliphatic carbocycles. The molecule has 4 nitrogen and oxygen atoms in total. The van der Waals surface area contributed by atoms with E-state index in [-0.39, 0.29) is 5.91 Å². The van der Waals surface area contributed by atoms with Crippen LogP contribution >= 0.6 is 11.8 Å². The average molecular weight is 423 g/mol. The van der Waals surface area contributed by atoms with Crippen LogP contribution in [0.5, 0.6) is 0 Å². The third kappa shape index (κ3) is 4.78. The molecule has 2 atom stereocenters. The maximum atomic E-state index is 13.1. The zero-order valence-corrected chi connectivity index (χ0v) is 17.5. The molecule has 1 amide bonds. The second kappa shape index (κ2) is 9.39. The van der Waals surface area contributed by atoms with Crippen molar-refractivity contribution in [3.8, 4) is 11.1 Å². The Morgan fingerprint density at radius 3 is 2.24 bits per heavy atom. The molecule has 0 radical (unpaired) electrons. The van der Waals surface area contributed by atoms with Crippen molar-refractivity contribution in [2.24, 2.45) is 0 Å². The topological polar surface area (TPSA) is 49.4 Å². The molecule has 1 aliphatic rings. The maximum absolute atomic E-state index is 13.1. The summed E-state index contributed by atoms with van der Waals surface area (Å²) in [5.74, 6) is 0.697. The van der Waals surface area contributed by atoms with E-state index in [0.29, 0.717) is 18.0 Å². The van der Waals surface area contributed by atoms with Crippen LogP contribution in [-0.4, -0.2) is 32.1 Å². The Kier molecular flexibility index (Phi) is 6.44. The molecule has 148 valence electrons. The molecule has 1 heterocycles. The molecule has 1 aliphatic heterocycles. The minimum absolute atomic E-state index is 0.0920. The van der Waals surface area contributed by atoms with Crippen molar-refractivity contribution >= 4 is 28.7 Å². The minimum atomic E-state index is -1.37. The number of carbonyl (C=O) groups excluding carboxylic acids is 1. The molecule has 3 aromatic rings. The zero-order chi connectivity index (χ0) is 20.1. The van der Waals surface area contributed by atoms with E-state index in [0.717, 1.165) is 22.4 Å². The van der Waals surface area contributed by atoms with Crippen LogP contribution in [0, 0.1) is 0 Å². The highest BCUT2D eigenvalue weighted by Gasteiger charge is 2.35. The lowest BCUT2D eigenvalue weighted by atomic mass is 10.1. The van der Waals surface area contributed by atoms with Crippen LogP contribution in [0.4, 0.5) is 0 Å². The number of hydrogen-bond donors (Lipinski definition) is 1. The van der Waals surface area contributed by atoms with E-state index < -0.39 is 16.4 Å². The van der Waals surface area contributed by atoms with Crippen molar-refractivity contribution in [2.75, 3.05) is 12.3 Å². The van der Waals surface area contributed by atoms with Gasteiger partial charge in [-0.25, -0.2) is 4.21 Å². The molecule has 4 rings (SSSR count). The largest absolute Gasteiger partial charge is 0.350 e. The first kappa shape index (κ1) is 19.9. The smallest absolute Gasteiger partial charge is 0.248 e. The van der Waals surface area contributed by atoms with Gasteiger partial charge in [-0.15, -0.1) is 11.8 Å². The number of carbonyl (C=O) groups is 1. The van der Waals surface area contributed by atoms with Crippen LogP contribution in [0.2, 0.25) is 0 Å². The van der Waals surface area contributed by atoms with Gasteiger partial charge in [0.2, 0.25) is 5.91 Å². The van der Waals surface area contributed by atoms with E-state index in [1.807, 2.05) is 72.8 Å². The fourth-order valence-corrected chi connectivity index (χ4v) is 5.96. The van der Waals surface area contributed by atoms with Crippen molar-refractivity contribution in [3.63, 3.8) is 0 Å². The third-order valence-corrected chi connectivity index (χ3v) is 7.59. The number of nitrogens with one attached hydrogen (secondary N) is 1. The SMILES string of the molecule is O=C(NCc1ccccc1)C1SCCN1S(=O)c1ccc(-c2ccccc2)cc1. The molecule has 1 saturated heterocycles. The van der Waals surface area contributed by atoms with Gasteiger partial charge in [-0.3, -0.25) is 4.79 Å². The van der Waals surface area contributed by atoms with Crippen LogP contribution in [0.1, 0.15) is 5.56 Å². The number of amides is 1. The van der Waals surface area contributed by atoms with E-state index in [9.17, 15) is 9.00 Å². The monoisotopic (exact) mass is 422 g/mol. The summed E-state index contributed by atoms with van der Waals surface area (Å²) in [5, 5.41) is 2.54. The van der Waals surface area contributed by atoms with E-state index in [4.69, 9.17) is 0 Å². The Labute approximate surface area is 177 Å². The average Bonchev–Trinajstić information content (AvgIpc) is 3.28. The standard InChI is InChI=1S/C23H22N2O2S2/c26-22(24-17-18-7-3-1-4-8-18)23-25(15-16-28-23)29(27)21-13-11-20(12-14-21)19-9-5-2-6-10-19/h1-14,23H,15-17H2,(H,24,26). The van der Waals surface area contributed by atoms with Gasteiger partial charge in [0.1, 0.15) is 16.4 Å². The molecular weight excluding hydrogens is 400 g/mol. The van der Waals surface area contributed by atoms with E-state index in [2.05, 4.69) is 17.4 Å². The first-order valence-corrected chi connectivity index (χ1v) is 11.7. The van der Waals surface area contributed by atoms with Crippen LogP contribution < -0.4 is 5.32 Å². The maximum Gasteiger partial charge on any atom is 0.248 e. The van der Waals surface area contributed by atoms with Crippen LogP contribution in [0.3, 0.4) is 0 Å². The zero-order valence-electron chi connectivity index (χ0n) is 15.9. The summed E-state index contributed by atoms with van der Waals surface area (Å²) in [7, 11) is -1.37. The Balaban J connectivity index is 1.42. The highest BCUT2D eigenvalue weighted by molar-refractivity contribution is 8.01. The van der Waals surface area contributed by atoms with Gasteiger partial charge in [0.05, 0.1) is 4.90 Å². The van der Waals surface area contributed by atoms with Crippen molar-refractivity contribution in [1.82, 2.24) is 9.62 Å². The Morgan fingerprint density at radius 1 is 0.931 bits per heavy atom. The van der Waals surface area contributed by atoms with Crippen molar-refractivity contribution in [1.29, 1.82) is 0 Å². The molecule has 1 N–H and O–H groups in total. The lowest BCUT2D eigenvalue weighted by Crippen LogP contribution is -2.42. The highest BCUT2D eigenvalue weighted by atomic mass is 32.2. The van der Waals surface area contributed by atoms with Crippen molar-refractivity contribution < 1.29 is 9.00 Å². The highest BCUT2D eigenvalue weighted by Crippen LogP contribution is 2.29. The quantitative estimate of drug-likeness (QED) is 0.652. The molecule has 6 heteroatoms. The predicted octanol–water partition coefficient (Wildman–Crippen LogP) is 4.07. The molecule has 0 aromatic heterocycles. The first-order valence-electron chi connectivity index (χ1n) is 9.49. The van der Waals surface area contributed by atoms with E-state index in [1.165, 1.54) is 11.8 Å². The molecule has 0 saturated carbocycles. The van der Waals surface area contributed by atoms with Gasteiger partial charge in [0.15, 0.2) is 0 Å². The minimum Gasteiger partial charge on any atom is -0.350 e. The molecule has 0 spiro atoms. The lowest BCUT2D eigenvalue weighted by molar-refractivity contribution is -0.122. The molecule has 2 unspecified atom stereocenters. The molecule has 1 fully saturated rings. The summed E-state index contributed by atoms with van der Waals surface area (Å²) in [5.41, 5.74) is 3.26. The van der Waals surface area contributed by atoms with Gasteiger partial charge in [-0.1, -0.05) is 72.8 Å². The predicted molar refractivity (Wildman–Crippen MR) is 120 cm³/mol. The normalized spacial score (nSPS) is 17.7. The summed E-state index contributed by atoms with van der Waals surface area (Å²) >= 11 is 1.54. The molecule has 29 heavy (non-hydrogen) atoms. The summed E-state index contributed by atoms with van der Waals surface area (Å²) in [6.07, 6.45) is 0. The number of thioether (sulfide) groups is 1.